The summed E-state index contributed by atoms with van der Waals surface area (Å²) in [6.07, 6.45) is 0. The summed E-state index contributed by atoms with van der Waals surface area (Å²) >= 11 is 1.58. The number of hydrogen-bond donors (Lipinski definition) is 1. The number of likely N-dealkylation sites (N-methyl/N-ethyl adjacent to an activating group) is 1. The molecule has 1 aromatic rings. The molecule has 0 atom stereocenters. The molecule has 90 valence electrons. The fourth-order valence-electron chi connectivity index (χ4n) is 1.39. The molecular formula is C11H19N3OS. The summed E-state index contributed by atoms with van der Waals surface area (Å²) in [4.78, 5) is 17.9. The third-order valence-corrected chi connectivity index (χ3v) is 2.77. The van der Waals surface area contributed by atoms with E-state index in [4.69, 9.17) is 0 Å². The third-order valence-electron chi connectivity index (χ3n) is 2.13. The minimum Gasteiger partial charge on any atom is -0.353 e. The van der Waals surface area contributed by atoms with Gasteiger partial charge < -0.3 is 5.32 Å². The molecule has 0 radical (unpaired) electrons. The second-order valence-corrected chi connectivity index (χ2v) is 4.72. The van der Waals surface area contributed by atoms with Gasteiger partial charge in [0.2, 0.25) is 5.91 Å². The Morgan fingerprint density at radius 2 is 2.38 bits per heavy atom. The van der Waals surface area contributed by atoms with Gasteiger partial charge in [-0.1, -0.05) is 6.92 Å². The number of thiazole rings is 1. The topological polar surface area (TPSA) is 45.2 Å². The predicted molar refractivity (Wildman–Crippen MR) is 66.3 cm³/mol. The van der Waals surface area contributed by atoms with Gasteiger partial charge in [-0.15, -0.1) is 11.3 Å². The fraction of sp³-hybridized carbons (Fsp3) is 0.636. The summed E-state index contributed by atoms with van der Waals surface area (Å²) in [5.74, 6) is 0.0760. The highest BCUT2D eigenvalue weighted by molar-refractivity contribution is 7.07. The molecule has 1 N–H and O–H groups in total. The summed E-state index contributed by atoms with van der Waals surface area (Å²) in [7, 11) is 0. The lowest BCUT2D eigenvalue weighted by molar-refractivity contribution is -0.122. The smallest absolute Gasteiger partial charge is 0.234 e. The highest BCUT2D eigenvalue weighted by atomic mass is 32.1. The maximum atomic E-state index is 11.6. The van der Waals surface area contributed by atoms with Crippen LogP contribution in [0.25, 0.3) is 0 Å². The van der Waals surface area contributed by atoms with Gasteiger partial charge in [0.05, 0.1) is 17.7 Å². The van der Waals surface area contributed by atoms with E-state index in [1.807, 2.05) is 24.7 Å². The van der Waals surface area contributed by atoms with Crippen molar-refractivity contribution in [3.05, 3.63) is 16.6 Å². The third kappa shape index (κ3) is 4.72. The number of carbonyl (C=O) groups is 1. The van der Waals surface area contributed by atoms with Gasteiger partial charge in [0, 0.05) is 18.0 Å². The molecule has 1 aromatic heterocycles. The van der Waals surface area contributed by atoms with E-state index < -0.39 is 0 Å². The van der Waals surface area contributed by atoms with Crippen LogP contribution in [0.3, 0.4) is 0 Å². The molecule has 0 spiro atoms. The molecule has 0 saturated heterocycles. The second-order valence-electron chi connectivity index (χ2n) is 4.01. The standard InChI is InChI=1S/C11H19N3OS/c1-4-14(5-10-7-16-8-12-10)6-11(15)13-9(2)3/h7-9H,4-6H2,1-3H3,(H,13,15). The van der Waals surface area contributed by atoms with Crippen LogP contribution in [0.4, 0.5) is 0 Å². The van der Waals surface area contributed by atoms with Crippen molar-refractivity contribution >= 4 is 17.2 Å². The van der Waals surface area contributed by atoms with Gasteiger partial charge in [0.1, 0.15) is 0 Å². The van der Waals surface area contributed by atoms with E-state index in [1.54, 1.807) is 11.3 Å². The van der Waals surface area contributed by atoms with Crippen LogP contribution in [0.15, 0.2) is 10.9 Å². The Morgan fingerprint density at radius 3 is 2.88 bits per heavy atom. The zero-order valence-electron chi connectivity index (χ0n) is 10.1. The highest BCUT2D eigenvalue weighted by Crippen LogP contribution is 2.04. The fourth-order valence-corrected chi connectivity index (χ4v) is 1.94. The van der Waals surface area contributed by atoms with Crippen molar-refractivity contribution in [3.63, 3.8) is 0 Å². The summed E-state index contributed by atoms with van der Waals surface area (Å²) in [6, 6.07) is 0.200. The molecule has 0 aliphatic rings. The van der Waals surface area contributed by atoms with Crippen LogP contribution in [-0.2, 0) is 11.3 Å². The Balaban J connectivity index is 2.40. The SMILES string of the molecule is CCN(CC(=O)NC(C)C)Cc1cscn1. The molecule has 0 aromatic carbocycles. The summed E-state index contributed by atoms with van der Waals surface area (Å²) in [5.41, 5.74) is 2.85. The van der Waals surface area contributed by atoms with Crippen LogP contribution >= 0.6 is 11.3 Å². The Bertz CT molecular complexity index is 311. The van der Waals surface area contributed by atoms with E-state index in [0.29, 0.717) is 6.54 Å². The maximum absolute atomic E-state index is 11.6. The maximum Gasteiger partial charge on any atom is 0.234 e. The molecule has 5 heteroatoms. The number of nitrogens with one attached hydrogen (secondary N) is 1. The molecule has 4 nitrogen and oxygen atoms in total. The Labute approximate surface area is 101 Å². The Morgan fingerprint density at radius 1 is 1.62 bits per heavy atom. The molecule has 0 bridgehead atoms. The van der Waals surface area contributed by atoms with E-state index in [-0.39, 0.29) is 11.9 Å². The normalized spacial score (nSPS) is 11.1. The van der Waals surface area contributed by atoms with Gasteiger partial charge in [-0.2, -0.15) is 0 Å². The quantitative estimate of drug-likeness (QED) is 0.820. The first-order valence-electron chi connectivity index (χ1n) is 5.50. The number of nitrogens with zero attached hydrogens (tertiary/aromatic N) is 2. The van der Waals surface area contributed by atoms with E-state index in [0.717, 1.165) is 18.8 Å². The van der Waals surface area contributed by atoms with E-state index >= 15 is 0 Å². The molecule has 0 aliphatic carbocycles. The van der Waals surface area contributed by atoms with E-state index in [9.17, 15) is 4.79 Å². The van der Waals surface area contributed by atoms with Gasteiger partial charge in [0.25, 0.3) is 0 Å². The van der Waals surface area contributed by atoms with Crippen LogP contribution < -0.4 is 5.32 Å². The van der Waals surface area contributed by atoms with Crippen molar-refractivity contribution in [1.82, 2.24) is 15.2 Å². The molecule has 1 heterocycles. The minimum atomic E-state index is 0.0760. The van der Waals surface area contributed by atoms with Crippen molar-refractivity contribution < 1.29 is 4.79 Å². The molecule has 0 aliphatic heterocycles. The summed E-state index contributed by atoms with van der Waals surface area (Å²) < 4.78 is 0. The number of aromatic nitrogens is 1. The van der Waals surface area contributed by atoms with Crippen LogP contribution in [-0.4, -0.2) is 34.9 Å². The molecule has 0 unspecified atom stereocenters. The van der Waals surface area contributed by atoms with Crippen molar-refractivity contribution in [2.45, 2.75) is 33.4 Å². The summed E-state index contributed by atoms with van der Waals surface area (Å²) in [6.45, 7) is 8.01. The molecule has 0 fully saturated rings. The Hall–Kier alpha value is -0.940. The van der Waals surface area contributed by atoms with Crippen LogP contribution in [0, 0.1) is 0 Å². The number of carbonyl (C=O) groups excluding carboxylic acids is 1. The summed E-state index contributed by atoms with van der Waals surface area (Å²) in [5, 5.41) is 4.91. The highest BCUT2D eigenvalue weighted by Gasteiger charge is 2.10. The lowest BCUT2D eigenvalue weighted by Crippen LogP contribution is -2.39. The first-order chi connectivity index (χ1) is 7.61. The van der Waals surface area contributed by atoms with Crippen LogP contribution in [0.1, 0.15) is 26.5 Å². The van der Waals surface area contributed by atoms with Gasteiger partial charge in [-0.05, 0) is 20.4 Å². The van der Waals surface area contributed by atoms with Gasteiger partial charge in [-0.25, -0.2) is 4.98 Å². The van der Waals surface area contributed by atoms with E-state index in [2.05, 4.69) is 22.1 Å². The lowest BCUT2D eigenvalue weighted by Gasteiger charge is -2.19. The zero-order valence-corrected chi connectivity index (χ0v) is 10.9. The van der Waals surface area contributed by atoms with Crippen LogP contribution in [0.5, 0.6) is 0 Å². The number of amides is 1. The first-order valence-corrected chi connectivity index (χ1v) is 6.45. The number of rotatable bonds is 6. The lowest BCUT2D eigenvalue weighted by atomic mass is 10.3. The molecule has 0 saturated carbocycles. The van der Waals surface area contributed by atoms with Gasteiger partial charge in [0.15, 0.2) is 0 Å². The van der Waals surface area contributed by atoms with Crippen molar-refractivity contribution in [2.75, 3.05) is 13.1 Å². The molecule has 1 amide bonds. The number of hydrogen-bond acceptors (Lipinski definition) is 4. The van der Waals surface area contributed by atoms with Crippen molar-refractivity contribution in [2.24, 2.45) is 0 Å². The zero-order chi connectivity index (χ0) is 12.0. The molecule has 16 heavy (non-hydrogen) atoms. The van der Waals surface area contributed by atoms with Gasteiger partial charge in [-0.3, -0.25) is 9.69 Å². The predicted octanol–water partition coefficient (Wildman–Crippen LogP) is 1.49. The average Bonchev–Trinajstić information content (AvgIpc) is 2.68. The van der Waals surface area contributed by atoms with Crippen molar-refractivity contribution in [1.29, 1.82) is 0 Å². The molecule has 1 rings (SSSR count). The monoisotopic (exact) mass is 241 g/mol. The molecular weight excluding hydrogens is 222 g/mol. The van der Waals surface area contributed by atoms with Gasteiger partial charge >= 0.3 is 0 Å². The van der Waals surface area contributed by atoms with Crippen LogP contribution in [0.2, 0.25) is 0 Å². The van der Waals surface area contributed by atoms with E-state index in [1.165, 1.54) is 0 Å². The Kier molecular flexibility index (Phi) is 5.42. The van der Waals surface area contributed by atoms with Crippen molar-refractivity contribution in [3.8, 4) is 0 Å². The average molecular weight is 241 g/mol. The second kappa shape index (κ2) is 6.60. The first kappa shape index (κ1) is 13.1. The minimum absolute atomic E-state index is 0.0760. The largest absolute Gasteiger partial charge is 0.353 e.